The van der Waals surface area contributed by atoms with E-state index in [9.17, 15) is 4.79 Å². The number of fused-ring (bicyclic) bond motifs is 9. The summed E-state index contributed by atoms with van der Waals surface area (Å²) in [6, 6.07) is 14.3. The molecule has 3 aromatic carbocycles. The molecule has 7 rings (SSSR count). The van der Waals surface area contributed by atoms with Crippen LogP contribution in [0.3, 0.4) is 0 Å². The van der Waals surface area contributed by atoms with Crippen molar-refractivity contribution in [2.75, 3.05) is 33.2 Å². The zero-order chi connectivity index (χ0) is 26.2. The number of aromatic nitrogens is 2. The standard InChI is InChI=1S/C32H36N4O2/c1-19-9-11-24-23(17-19)27-29-28(21-7-5-6-8-22(21)30(27)38-32(24,2)3)33-25-12-10-20(18-26(25)34-29)31(37)36-15-13-35(4)14-16-36/h5-8,10,12,18-19,23-24H,9,11,13-17H2,1-4H3/t19-,23-,24-/m0/s1. The number of carbonyl (C=O) groups excluding carboxylic acids is 1. The van der Waals surface area contributed by atoms with Crippen LogP contribution in [0.15, 0.2) is 42.5 Å². The lowest BCUT2D eigenvalue weighted by atomic mass is 9.64. The van der Waals surface area contributed by atoms with Gasteiger partial charge in [0.2, 0.25) is 0 Å². The first-order valence-electron chi connectivity index (χ1n) is 14.1. The van der Waals surface area contributed by atoms with Gasteiger partial charge < -0.3 is 14.5 Å². The first kappa shape index (κ1) is 23.8. The summed E-state index contributed by atoms with van der Waals surface area (Å²) in [7, 11) is 2.10. The van der Waals surface area contributed by atoms with Crippen LogP contribution in [0, 0.1) is 11.8 Å². The van der Waals surface area contributed by atoms with Crippen molar-refractivity contribution in [2.24, 2.45) is 11.8 Å². The fraction of sp³-hybridized carbons (Fsp3) is 0.469. The molecule has 38 heavy (non-hydrogen) atoms. The lowest BCUT2D eigenvalue weighted by molar-refractivity contribution is -0.0115. The Hall–Kier alpha value is -3.25. The van der Waals surface area contributed by atoms with E-state index < -0.39 is 0 Å². The normalized spacial score (nSPS) is 25.3. The molecule has 3 aliphatic rings. The summed E-state index contributed by atoms with van der Waals surface area (Å²) in [5.74, 6) is 2.55. The van der Waals surface area contributed by atoms with Gasteiger partial charge in [-0.05, 0) is 63.8 Å². The third-order valence-corrected chi connectivity index (χ3v) is 9.37. The predicted molar refractivity (Wildman–Crippen MR) is 152 cm³/mol. The van der Waals surface area contributed by atoms with Crippen LogP contribution >= 0.6 is 0 Å². The van der Waals surface area contributed by atoms with Gasteiger partial charge in [-0.1, -0.05) is 37.6 Å². The monoisotopic (exact) mass is 508 g/mol. The minimum atomic E-state index is -0.235. The average Bonchev–Trinajstić information content (AvgIpc) is 2.91. The Morgan fingerprint density at radius 1 is 0.947 bits per heavy atom. The van der Waals surface area contributed by atoms with E-state index in [1.807, 2.05) is 23.1 Å². The average molecular weight is 509 g/mol. The smallest absolute Gasteiger partial charge is 0.254 e. The third-order valence-electron chi connectivity index (χ3n) is 9.37. The van der Waals surface area contributed by atoms with E-state index in [1.54, 1.807) is 0 Å². The number of carbonyl (C=O) groups is 1. The van der Waals surface area contributed by atoms with Crippen molar-refractivity contribution in [3.05, 3.63) is 53.6 Å². The molecule has 3 heterocycles. The van der Waals surface area contributed by atoms with E-state index >= 15 is 0 Å². The molecule has 1 aliphatic carbocycles. The number of hydrogen-bond acceptors (Lipinski definition) is 5. The molecule has 0 N–H and O–H groups in total. The molecule has 4 aromatic rings. The number of nitrogens with zero attached hydrogens (tertiary/aromatic N) is 4. The molecule has 1 saturated heterocycles. The van der Waals surface area contributed by atoms with Crippen LogP contribution in [0.2, 0.25) is 0 Å². The van der Waals surface area contributed by atoms with Gasteiger partial charge in [0, 0.05) is 54.0 Å². The largest absolute Gasteiger partial charge is 0.487 e. The van der Waals surface area contributed by atoms with Crippen LogP contribution < -0.4 is 4.74 Å². The molecule has 1 amide bonds. The summed E-state index contributed by atoms with van der Waals surface area (Å²) in [5, 5.41) is 2.20. The third kappa shape index (κ3) is 3.68. The SMILES string of the molecule is C[C@H]1CC[C@H]2[C@H](C1)c1c(c3ccccc3c3nc4ccc(C(=O)N5CCN(C)CC5)cc4nc13)OC2(C)C. The van der Waals surface area contributed by atoms with E-state index in [2.05, 4.69) is 57.0 Å². The number of hydrogen-bond donors (Lipinski definition) is 0. The fourth-order valence-corrected chi connectivity index (χ4v) is 7.22. The molecule has 196 valence electrons. The summed E-state index contributed by atoms with van der Waals surface area (Å²) < 4.78 is 6.87. The first-order valence-corrected chi connectivity index (χ1v) is 14.1. The summed E-state index contributed by atoms with van der Waals surface area (Å²) >= 11 is 0. The topological polar surface area (TPSA) is 58.6 Å². The molecular formula is C32H36N4O2. The Bertz CT molecular complexity index is 1590. The maximum absolute atomic E-state index is 13.4. The predicted octanol–water partition coefficient (Wildman–Crippen LogP) is 6.01. The lowest BCUT2D eigenvalue weighted by Gasteiger charge is -2.49. The molecule has 0 bridgehead atoms. The molecule has 0 radical (unpaired) electrons. The number of ether oxygens (including phenoxy) is 1. The molecule has 6 nitrogen and oxygen atoms in total. The van der Waals surface area contributed by atoms with Crippen molar-refractivity contribution in [1.29, 1.82) is 0 Å². The van der Waals surface area contributed by atoms with E-state index in [-0.39, 0.29) is 11.5 Å². The number of benzene rings is 3. The van der Waals surface area contributed by atoms with Gasteiger partial charge >= 0.3 is 0 Å². The molecule has 3 atom stereocenters. The van der Waals surface area contributed by atoms with Gasteiger partial charge in [0.05, 0.1) is 22.1 Å². The lowest BCUT2D eigenvalue weighted by Crippen LogP contribution is -2.47. The second kappa shape index (κ2) is 8.63. The molecule has 2 aliphatic heterocycles. The Morgan fingerprint density at radius 3 is 2.47 bits per heavy atom. The van der Waals surface area contributed by atoms with E-state index in [1.165, 1.54) is 12.0 Å². The van der Waals surface area contributed by atoms with Gasteiger partial charge in [0.15, 0.2) is 0 Å². The van der Waals surface area contributed by atoms with Crippen molar-refractivity contribution < 1.29 is 9.53 Å². The van der Waals surface area contributed by atoms with Gasteiger partial charge in [0.1, 0.15) is 11.4 Å². The highest BCUT2D eigenvalue weighted by Crippen LogP contribution is 2.56. The highest BCUT2D eigenvalue weighted by atomic mass is 16.5. The zero-order valence-electron chi connectivity index (χ0n) is 22.8. The summed E-state index contributed by atoms with van der Waals surface area (Å²) in [5.41, 5.74) is 5.15. The molecule has 2 fully saturated rings. The number of amides is 1. The van der Waals surface area contributed by atoms with Crippen molar-refractivity contribution in [1.82, 2.24) is 19.8 Å². The maximum atomic E-state index is 13.4. The second-order valence-electron chi connectivity index (χ2n) is 12.3. The van der Waals surface area contributed by atoms with E-state index in [4.69, 9.17) is 14.7 Å². The van der Waals surface area contributed by atoms with E-state index in [0.29, 0.717) is 23.3 Å². The van der Waals surface area contributed by atoms with Gasteiger partial charge in [-0.3, -0.25) is 4.79 Å². The van der Waals surface area contributed by atoms with Crippen LogP contribution in [-0.2, 0) is 0 Å². The summed E-state index contributed by atoms with van der Waals surface area (Å²) in [4.78, 5) is 28.0. The van der Waals surface area contributed by atoms with Crippen LogP contribution in [0.25, 0.3) is 32.8 Å². The van der Waals surface area contributed by atoms with Gasteiger partial charge in [-0.15, -0.1) is 0 Å². The molecule has 1 aromatic heterocycles. The van der Waals surface area contributed by atoms with Crippen LogP contribution in [-0.4, -0.2) is 64.5 Å². The van der Waals surface area contributed by atoms with Gasteiger partial charge in [0.25, 0.3) is 5.91 Å². The number of rotatable bonds is 1. The second-order valence-corrected chi connectivity index (χ2v) is 12.3. The highest BCUT2D eigenvalue weighted by molar-refractivity contribution is 6.11. The molecule has 0 spiro atoms. The Kier molecular flexibility index (Phi) is 5.42. The summed E-state index contributed by atoms with van der Waals surface area (Å²) in [6.45, 7) is 10.2. The first-order chi connectivity index (χ1) is 18.3. The number of piperazine rings is 1. The highest BCUT2D eigenvalue weighted by Gasteiger charge is 2.47. The van der Waals surface area contributed by atoms with Crippen LogP contribution in [0.1, 0.15) is 61.9 Å². The Morgan fingerprint density at radius 2 is 1.68 bits per heavy atom. The van der Waals surface area contributed by atoms with Gasteiger partial charge in [-0.25, -0.2) is 9.97 Å². The zero-order valence-corrected chi connectivity index (χ0v) is 22.8. The fourth-order valence-electron chi connectivity index (χ4n) is 7.22. The minimum Gasteiger partial charge on any atom is -0.487 e. The van der Waals surface area contributed by atoms with Crippen molar-refractivity contribution >= 4 is 38.7 Å². The molecule has 6 heteroatoms. The van der Waals surface area contributed by atoms with Crippen molar-refractivity contribution in [2.45, 2.75) is 51.6 Å². The Labute approximate surface area is 224 Å². The quantitative estimate of drug-likeness (QED) is 0.233. The van der Waals surface area contributed by atoms with Crippen molar-refractivity contribution in [3.63, 3.8) is 0 Å². The summed E-state index contributed by atoms with van der Waals surface area (Å²) in [6.07, 6.45) is 3.54. The van der Waals surface area contributed by atoms with Gasteiger partial charge in [-0.2, -0.15) is 0 Å². The molecule has 0 unspecified atom stereocenters. The van der Waals surface area contributed by atoms with Crippen LogP contribution in [0.4, 0.5) is 0 Å². The minimum absolute atomic E-state index is 0.0775. The molecule has 1 saturated carbocycles. The number of likely N-dealkylation sites (N-methyl/N-ethyl adjacent to an activating group) is 1. The van der Waals surface area contributed by atoms with E-state index in [0.717, 1.165) is 77.6 Å². The Balaban J connectivity index is 1.44. The maximum Gasteiger partial charge on any atom is 0.254 e. The molecular weight excluding hydrogens is 472 g/mol. The van der Waals surface area contributed by atoms with Crippen LogP contribution in [0.5, 0.6) is 5.75 Å². The van der Waals surface area contributed by atoms with Crippen molar-refractivity contribution in [3.8, 4) is 5.75 Å².